The molecule has 3 fully saturated rings. The van der Waals surface area contributed by atoms with Crippen molar-refractivity contribution in [2.75, 3.05) is 19.7 Å². The van der Waals surface area contributed by atoms with E-state index in [1.165, 1.54) is 0 Å². The lowest BCUT2D eigenvalue weighted by molar-refractivity contribution is -0.150. The summed E-state index contributed by atoms with van der Waals surface area (Å²) in [6, 6.07) is -1.30. The Balaban J connectivity index is 2.09. The van der Waals surface area contributed by atoms with E-state index in [0.29, 0.717) is 19.5 Å². The van der Waals surface area contributed by atoms with Crippen LogP contribution in [0.3, 0.4) is 0 Å². The first-order chi connectivity index (χ1) is 15.2. The Morgan fingerprint density at radius 2 is 2.06 bits per heavy atom. The molecular weight excluding hydrogens is 428 g/mol. The van der Waals surface area contributed by atoms with Crippen molar-refractivity contribution in [1.82, 2.24) is 9.80 Å². The number of hydrogen-bond acceptors (Lipinski definition) is 5. The monoisotopic (exact) mass is 466 g/mol. The number of fused-ring (bicyclic) bond motifs is 1. The fourth-order valence-electron chi connectivity index (χ4n) is 6.17. The number of aliphatic hydroxyl groups is 1. The molecule has 7 atom stereocenters. The maximum absolute atomic E-state index is 14.1. The predicted molar refractivity (Wildman–Crippen MR) is 125 cm³/mol. The lowest BCUT2D eigenvalue weighted by Gasteiger charge is -2.42. The number of unbranched alkanes of at least 4 members (excludes halogenated alkanes) is 2. The van der Waals surface area contributed by atoms with E-state index in [1.807, 2.05) is 20.8 Å². The number of likely N-dealkylation sites (tertiary alicyclic amines) is 1. The SMILES string of the molecule is C=CCN(CCCCC)C(=O)C1N([C@@H](CO)C(C)C)C(=O)[C@@H]2[C@@H](C(=O)O)[C@H]3CC(C)C12S3. The number of carboxylic acids is 1. The number of thioether (sulfide) groups is 1. The molecule has 3 aliphatic rings. The van der Waals surface area contributed by atoms with Gasteiger partial charge in [0.2, 0.25) is 11.8 Å². The molecule has 2 amide bonds. The van der Waals surface area contributed by atoms with Gasteiger partial charge in [-0.25, -0.2) is 0 Å². The Morgan fingerprint density at radius 3 is 2.59 bits per heavy atom. The molecule has 0 aromatic heterocycles. The number of carbonyl (C=O) groups excluding carboxylic acids is 2. The first kappa shape index (κ1) is 25.1. The third kappa shape index (κ3) is 3.77. The summed E-state index contributed by atoms with van der Waals surface area (Å²) in [5.74, 6) is -2.93. The van der Waals surface area contributed by atoms with Crippen molar-refractivity contribution in [3.63, 3.8) is 0 Å². The summed E-state index contributed by atoms with van der Waals surface area (Å²) >= 11 is 1.54. The lowest BCUT2D eigenvalue weighted by Crippen LogP contribution is -2.60. The average Bonchev–Trinajstić information content (AvgIpc) is 3.32. The molecule has 2 N–H and O–H groups in total. The van der Waals surface area contributed by atoms with Crippen molar-refractivity contribution in [3.05, 3.63) is 12.7 Å². The standard InChI is InChI=1S/C24H38N2O5S/c1-6-8-9-11-25(10-7-2)22(29)20-24-15(5)12-17(32-24)18(23(30)31)19(24)21(28)26(20)16(13-27)14(3)4/h7,14-20,27H,2,6,8-13H2,1,3-5H3,(H,30,31)/t15?,16-,17+,18-,19-,20?,24?/m0/s1. The van der Waals surface area contributed by atoms with Gasteiger partial charge in [-0.15, -0.1) is 18.3 Å². The van der Waals surface area contributed by atoms with E-state index in [9.17, 15) is 24.6 Å². The summed E-state index contributed by atoms with van der Waals surface area (Å²) in [5.41, 5.74) is 0. The zero-order valence-corrected chi connectivity index (χ0v) is 20.5. The van der Waals surface area contributed by atoms with E-state index in [4.69, 9.17) is 0 Å². The molecule has 0 radical (unpaired) electrons. The summed E-state index contributed by atoms with van der Waals surface area (Å²) in [4.78, 5) is 43.5. The minimum Gasteiger partial charge on any atom is -0.481 e. The van der Waals surface area contributed by atoms with Gasteiger partial charge in [0.25, 0.3) is 0 Å². The lowest BCUT2D eigenvalue weighted by atomic mass is 9.66. The number of amides is 2. The van der Waals surface area contributed by atoms with Crippen LogP contribution in [0.25, 0.3) is 0 Å². The number of rotatable bonds is 11. The summed E-state index contributed by atoms with van der Waals surface area (Å²) in [5, 5.41) is 20.0. The summed E-state index contributed by atoms with van der Waals surface area (Å²) < 4.78 is -0.769. The Morgan fingerprint density at radius 1 is 1.38 bits per heavy atom. The van der Waals surface area contributed by atoms with E-state index in [0.717, 1.165) is 19.3 Å². The van der Waals surface area contributed by atoms with Crippen LogP contribution in [0.15, 0.2) is 12.7 Å². The first-order valence-electron chi connectivity index (χ1n) is 11.9. The highest BCUT2D eigenvalue weighted by Gasteiger charge is 2.77. The second-order valence-corrected chi connectivity index (χ2v) is 11.5. The average molecular weight is 467 g/mol. The van der Waals surface area contributed by atoms with Crippen LogP contribution >= 0.6 is 11.8 Å². The molecule has 0 aromatic carbocycles. The predicted octanol–water partition coefficient (Wildman–Crippen LogP) is 2.63. The molecule has 2 bridgehead atoms. The zero-order chi connectivity index (χ0) is 23.8. The van der Waals surface area contributed by atoms with Gasteiger partial charge in [0.15, 0.2) is 0 Å². The third-order valence-corrected chi connectivity index (χ3v) is 9.79. The first-order valence-corrected chi connectivity index (χ1v) is 12.8. The molecule has 3 rings (SSSR count). The van der Waals surface area contributed by atoms with E-state index in [1.54, 1.807) is 27.6 Å². The van der Waals surface area contributed by atoms with Crippen LogP contribution in [-0.2, 0) is 14.4 Å². The maximum Gasteiger partial charge on any atom is 0.308 e. The van der Waals surface area contributed by atoms with Crippen molar-refractivity contribution in [3.8, 4) is 0 Å². The summed E-state index contributed by atoms with van der Waals surface area (Å²) in [7, 11) is 0. The van der Waals surface area contributed by atoms with Crippen molar-refractivity contribution < 1.29 is 24.6 Å². The molecule has 0 aliphatic carbocycles. The number of hydrogen-bond donors (Lipinski definition) is 2. The number of aliphatic hydroxyl groups excluding tert-OH is 1. The van der Waals surface area contributed by atoms with Gasteiger partial charge in [0, 0.05) is 18.3 Å². The largest absolute Gasteiger partial charge is 0.481 e. The molecule has 1 spiro atoms. The minimum absolute atomic E-state index is 0.0359. The van der Waals surface area contributed by atoms with Crippen LogP contribution in [-0.4, -0.2) is 79.6 Å². The quantitative estimate of drug-likeness (QED) is 0.359. The van der Waals surface area contributed by atoms with Crippen LogP contribution in [0.1, 0.15) is 53.4 Å². The molecule has 8 heteroatoms. The molecular formula is C24H38N2O5S. The number of carbonyl (C=O) groups is 3. The third-order valence-electron chi connectivity index (χ3n) is 7.71. The Labute approximate surface area is 195 Å². The second-order valence-electron chi connectivity index (χ2n) is 9.91. The number of carboxylic acid groups (broad SMARTS) is 1. The van der Waals surface area contributed by atoms with Gasteiger partial charge < -0.3 is 20.0 Å². The molecule has 3 aliphatic heterocycles. The normalized spacial score (nSPS) is 34.1. The molecule has 3 unspecified atom stereocenters. The van der Waals surface area contributed by atoms with Crippen molar-refractivity contribution in [2.45, 2.75) is 75.5 Å². The van der Waals surface area contributed by atoms with Gasteiger partial charge in [-0.1, -0.05) is 46.6 Å². The molecule has 3 heterocycles. The van der Waals surface area contributed by atoms with E-state index in [2.05, 4.69) is 13.5 Å². The van der Waals surface area contributed by atoms with Crippen LogP contribution < -0.4 is 0 Å². The number of nitrogens with zero attached hydrogens (tertiary/aromatic N) is 2. The van der Waals surface area contributed by atoms with Crippen molar-refractivity contribution >= 4 is 29.5 Å². The second kappa shape index (κ2) is 9.75. The Bertz CT molecular complexity index is 759. The van der Waals surface area contributed by atoms with E-state index >= 15 is 0 Å². The summed E-state index contributed by atoms with van der Waals surface area (Å²) in [6.45, 7) is 12.5. The highest BCUT2D eigenvalue weighted by Crippen LogP contribution is 2.69. The molecule has 3 saturated heterocycles. The van der Waals surface area contributed by atoms with Gasteiger partial charge >= 0.3 is 5.97 Å². The topological polar surface area (TPSA) is 98.2 Å². The van der Waals surface area contributed by atoms with Gasteiger partial charge in [0.05, 0.1) is 29.2 Å². The molecule has 0 saturated carbocycles. The fraction of sp³-hybridized carbons (Fsp3) is 0.792. The van der Waals surface area contributed by atoms with Crippen LogP contribution in [0.4, 0.5) is 0 Å². The molecule has 180 valence electrons. The van der Waals surface area contributed by atoms with Crippen LogP contribution in [0.5, 0.6) is 0 Å². The highest BCUT2D eigenvalue weighted by molar-refractivity contribution is 8.02. The zero-order valence-electron chi connectivity index (χ0n) is 19.7. The maximum atomic E-state index is 14.1. The smallest absolute Gasteiger partial charge is 0.308 e. The highest BCUT2D eigenvalue weighted by atomic mass is 32.2. The van der Waals surface area contributed by atoms with Gasteiger partial charge in [-0.2, -0.15) is 0 Å². The number of aliphatic carboxylic acids is 1. The van der Waals surface area contributed by atoms with Crippen LogP contribution in [0.2, 0.25) is 0 Å². The van der Waals surface area contributed by atoms with E-state index in [-0.39, 0.29) is 35.5 Å². The van der Waals surface area contributed by atoms with Crippen molar-refractivity contribution in [2.24, 2.45) is 23.7 Å². The fourth-order valence-corrected chi connectivity index (χ4v) is 8.57. The Kier molecular flexibility index (Phi) is 7.65. The molecule has 32 heavy (non-hydrogen) atoms. The van der Waals surface area contributed by atoms with E-state index < -0.39 is 34.6 Å². The van der Waals surface area contributed by atoms with Gasteiger partial charge in [-0.05, 0) is 24.7 Å². The molecule has 0 aromatic rings. The Hall–Kier alpha value is -1.54. The molecule has 7 nitrogen and oxygen atoms in total. The van der Waals surface area contributed by atoms with Gasteiger partial charge in [0.1, 0.15) is 6.04 Å². The van der Waals surface area contributed by atoms with Crippen molar-refractivity contribution in [1.29, 1.82) is 0 Å². The summed E-state index contributed by atoms with van der Waals surface area (Å²) in [6.07, 6.45) is 5.29. The van der Waals surface area contributed by atoms with Gasteiger partial charge in [-0.3, -0.25) is 14.4 Å². The van der Waals surface area contributed by atoms with Crippen LogP contribution in [0, 0.1) is 23.7 Å². The minimum atomic E-state index is -0.960.